The van der Waals surface area contributed by atoms with E-state index in [0.29, 0.717) is 11.5 Å². The Bertz CT molecular complexity index is 613. The third kappa shape index (κ3) is 3.54. The maximum absolute atomic E-state index is 12.0. The molecule has 0 radical (unpaired) electrons. The van der Waals surface area contributed by atoms with Crippen LogP contribution in [0.3, 0.4) is 0 Å². The largest absolute Gasteiger partial charge is 0.398 e. The van der Waals surface area contributed by atoms with Crippen LogP contribution < -0.4 is 11.1 Å². The van der Waals surface area contributed by atoms with Gasteiger partial charge in [-0.2, -0.15) is 0 Å². The zero-order chi connectivity index (χ0) is 13.8. The number of para-hydroxylation sites is 1. The highest BCUT2D eigenvalue weighted by Crippen LogP contribution is 2.17. The van der Waals surface area contributed by atoms with Gasteiger partial charge >= 0.3 is 0 Å². The number of amides is 1. The number of rotatable bonds is 3. The third-order valence-corrected chi connectivity index (χ3v) is 3.14. The summed E-state index contributed by atoms with van der Waals surface area (Å²) in [6.07, 6.45) is 1.89. The predicted octanol–water partition coefficient (Wildman–Crippen LogP) is 2.92. The van der Waals surface area contributed by atoms with Crippen molar-refractivity contribution in [3.05, 3.63) is 52.1 Å². The monoisotopic (exact) mass is 319 g/mol. The molecule has 0 fully saturated rings. The van der Waals surface area contributed by atoms with E-state index in [2.05, 4.69) is 26.2 Å². The Kier molecular flexibility index (Phi) is 4.16. The number of anilines is 2. The minimum absolute atomic E-state index is 0.129. The number of pyridine rings is 1. The van der Waals surface area contributed by atoms with Crippen molar-refractivity contribution < 1.29 is 4.79 Å². The number of carbonyl (C=O) groups is 1. The molecule has 0 saturated heterocycles. The van der Waals surface area contributed by atoms with Gasteiger partial charge in [0.1, 0.15) is 5.82 Å². The van der Waals surface area contributed by atoms with Crippen LogP contribution in [0.4, 0.5) is 11.5 Å². The van der Waals surface area contributed by atoms with E-state index in [-0.39, 0.29) is 12.3 Å². The average molecular weight is 320 g/mol. The molecule has 1 aromatic heterocycles. The second-order valence-electron chi connectivity index (χ2n) is 4.24. The molecule has 2 aromatic rings. The number of hydrogen-bond donors (Lipinski definition) is 2. The molecular weight excluding hydrogens is 306 g/mol. The molecule has 98 valence electrons. The number of nitrogens with two attached hydrogens (primary N) is 1. The van der Waals surface area contributed by atoms with Crippen LogP contribution in [0.5, 0.6) is 0 Å². The van der Waals surface area contributed by atoms with E-state index in [0.717, 1.165) is 15.6 Å². The van der Waals surface area contributed by atoms with Crippen molar-refractivity contribution in [1.82, 2.24) is 4.98 Å². The number of benzene rings is 1. The molecule has 19 heavy (non-hydrogen) atoms. The van der Waals surface area contributed by atoms with Gasteiger partial charge in [-0.05, 0) is 46.1 Å². The minimum Gasteiger partial charge on any atom is -0.398 e. The van der Waals surface area contributed by atoms with E-state index in [9.17, 15) is 4.79 Å². The number of aryl methyl sites for hydroxylation is 1. The highest BCUT2D eigenvalue weighted by molar-refractivity contribution is 9.10. The van der Waals surface area contributed by atoms with Crippen molar-refractivity contribution >= 4 is 33.3 Å². The first-order valence-corrected chi connectivity index (χ1v) is 6.61. The van der Waals surface area contributed by atoms with Gasteiger partial charge < -0.3 is 11.1 Å². The first-order valence-electron chi connectivity index (χ1n) is 5.81. The van der Waals surface area contributed by atoms with E-state index in [1.807, 2.05) is 31.2 Å². The van der Waals surface area contributed by atoms with Crippen LogP contribution in [-0.2, 0) is 11.2 Å². The number of carbonyl (C=O) groups excluding carboxylic acids is 1. The molecule has 4 nitrogen and oxygen atoms in total. The first kappa shape index (κ1) is 13.5. The van der Waals surface area contributed by atoms with Crippen LogP contribution in [0.25, 0.3) is 0 Å². The number of nitrogen functional groups attached to an aromatic ring is 1. The van der Waals surface area contributed by atoms with Crippen LogP contribution >= 0.6 is 15.9 Å². The molecule has 1 aromatic carbocycles. The van der Waals surface area contributed by atoms with Crippen molar-refractivity contribution in [3.8, 4) is 0 Å². The van der Waals surface area contributed by atoms with Gasteiger partial charge in [0.05, 0.1) is 6.42 Å². The average Bonchev–Trinajstić information content (AvgIpc) is 2.36. The van der Waals surface area contributed by atoms with E-state index in [1.165, 1.54) is 0 Å². The highest BCUT2D eigenvalue weighted by Gasteiger charge is 2.09. The molecule has 0 aliphatic heterocycles. The molecule has 0 unspecified atom stereocenters. The molecule has 0 spiro atoms. The Morgan fingerprint density at radius 2 is 2.16 bits per heavy atom. The van der Waals surface area contributed by atoms with Crippen LogP contribution in [-0.4, -0.2) is 10.9 Å². The Balaban J connectivity index is 2.08. The summed E-state index contributed by atoms with van der Waals surface area (Å²) in [6.45, 7) is 1.89. The van der Waals surface area contributed by atoms with Crippen molar-refractivity contribution in [2.24, 2.45) is 0 Å². The lowest BCUT2D eigenvalue weighted by atomic mass is 10.1. The molecule has 1 heterocycles. The fourth-order valence-corrected chi connectivity index (χ4v) is 2.16. The van der Waals surface area contributed by atoms with Gasteiger partial charge in [0.25, 0.3) is 0 Å². The van der Waals surface area contributed by atoms with Gasteiger partial charge in [-0.1, -0.05) is 18.2 Å². The number of aromatic nitrogens is 1. The van der Waals surface area contributed by atoms with Gasteiger partial charge in [-0.25, -0.2) is 4.98 Å². The zero-order valence-corrected chi connectivity index (χ0v) is 12.1. The number of halogens is 1. The summed E-state index contributed by atoms with van der Waals surface area (Å²) in [5, 5.41) is 2.79. The topological polar surface area (TPSA) is 68.0 Å². The van der Waals surface area contributed by atoms with Gasteiger partial charge in [-0.3, -0.25) is 4.79 Å². The van der Waals surface area contributed by atoms with Gasteiger partial charge in [0.2, 0.25) is 5.91 Å². The molecule has 0 saturated carbocycles. The summed E-state index contributed by atoms with van der Waals surface area (Å²) in [5.74, 6) is 0.443. The standard InChI is InChI=1S/C14H14BrN3O/c1-9-6-11(15)8-17-14(9)18-13(19)7-10-4-2-3-5-12(10)16/h2-6,8H,7,16H2,1H3,(H,17,18,19). The van der Waals surface area contributed by atoms with Crippen molar-refractivity contribution in [2.45, 2.75) is 13.3 Å². The smallest absolute Gasteiger partial charge is 0.230 e. The Morgan fingerprint density at radius 1 is 1.42 bits per heavy atom. The maximum Gasteiger partial charge on any atom is 0.230 e. The number of nitrogens with one attached hydrogen (secondary N) is 1. The summed E-state index contributed by atoms with van der Waals surface area (Å²) in [6, 6.07) is 9.24. The maximum atomic E-state index is 12.0. The quantitative estimate of drug-likeness (QED) is 0.855. The van der Waals surface area contributed by atoms with Gasteiger partial charge in [0, 0.05) is 16.4 Å². The summed E-state index contributed by atoms with van der Waals surface area (Å²) >= 11 is 3.33. The lowest BCUT2D eigenvalue weighted by molar-refractivity contribution is -0.115. The van der Waals surface area contributed by atoms with Gasteiger partial charge in [-0.15, -0.1) is 0 Å². The second-order valence-corrected chi connectivity index (χ2v) is 5.16. The Labute approximate surface area is 120 Å². The Hall–Kier alpha value is -1.88. The van der Waals surface area contributed by atoms with E-state index in [4.69, 9.17) is 5.73 Å². The van der Waals surface area contributed by atoms with Crippen LogP contribution in [0.2, 0.25) is 0 Å². The van der Waals surface area contributed by atoms with Crippen LogP contribution in [0.1, 0.15) is 11.1 Å². The lowest BCUT2D eigenvalue weighted by Crippen LogP contribution is -2.16. The van der Waals surface area contributed by atoms with Crippen molar-refractivity contribution in [2.75, 3.05) is 11.1 Å². The van der Waals surface area contributed by atoms with Gasteiger partial charge in [0.15, 0.2) is 0 Å². The predicted molar refractivity (Wildman–Crippen MR) is 79.9 cm³/mol. The minimum atomic E-state index is -0.129. The summed E-state index contributed by atoms with van der Waals surface area (Å²) in [5.41, 5.74) is 8.15. The molecular formula is C14H14BrN3O. The molecule has 1 amide bonds. The molecule has 5 heteroatoms. The van der Waals surface area contributed by atoms with E-state index in [1.54, 1.807) is 12.3 Å². The summed E-state index contributed by atoms with van der Waals surface area (Å²) < 4.78 is 0.885. The first-order chi connectivity index (χ1) is 9.06. The van der Waals surface area contributed by atoms with Crippen molar-refractivity contribution in [3.63, 3.8) is 0 Å². The Morgan fingerprint density at radius 3 is 2.84 bits per heavy atom. The molecule has 3 N–H and O–H groups in total. The summed E-state index contributed by atoms with van der Waals surface area (Å²) in [7, 11) is 0. The fraction of sp³-hybridized carbons (Fsp3) is 0.143. The highest BCUT2D eigenvalue weighted by atomic mass is 79.9. The zero-order valence-electron chi connectivity index (χ0n) is 10.5. The molecule has 0 bridgehead atoms. The SMILES string of the molecule is Cc1cc(Br)cnc1NC(=O)Cc1ccccc1N. The normalized spacial score (nSPS) is 10.2. The van der Waals surface area contributed by atoms with E-state index < -0.39 is 0 Å². The second kappa shape index (κ2) is 5.84. The van der Waals surface area contributed by atoms with Crippen LogP contribution in [0.15, 0.2) is 41.0 Å². The molecule has 2 rings (SSSR count). The molecule has 0 aliphatic carbocycles. The van der Waals surface area contributed by atoms with Crippen molar-refractivity contribution in [1.29, 1.82) is 0 Å². The van der Waals surface area contributed by atoms with Crippen LogP contribution in [0, 0.1) is 6.92 Å². The number of hydrogen-bond acceptors (Lipinski definition) is 3. The fourth-order valence-electron chi connectivity index (χ4n) is 1.72. The lowest BCUT2D eigenvalue weighted by Gasteiger charge is -2.08. The number of nitrogens with zero attached hydrogens (tertiary/aromatic N) is 1. The van der Waals surface area contributed by atoms with E-state index >= 15 is 0 Å². The molecule has 0 aliphatic rings. The molecule has 0 atom stereocenters. The third-order valence-electron chi connectivity index (χ3n) is 2.71. The summed E-state index contributed by atoms with van der Waals surface area (Å²) in [4.78, 5) is 16.1.